The smallest absolute Gasteiger partial charge is 0.407 e. The lowest BCUT2D eigenvalue weighted by molar-refractivity contribution is -0.160. The topological polar surface area (TPSA) is 187 Å². The molecule has 1 heterocycles. The van der Waals surface area contributed by atoms with Crippen LogP contribution in [0.15, 0.2) is 25.3 Å². The second-order valence-corrected chi connectivity index (χ2v) is 13.3. The Bertz CT molecular complexity index is 1240. The quantitative estimate of drug-likeness (QED) is 0.101. The first-order valence-corrected chi connectivity index (χ1v) is 14.6. The predicted octanol–water partition coefficient (Wildman–Crippen LogP) is 3.64. The highest BCUT2D eigenvalue weighted by molar-refractivity contribution is 7.73. The van der Waals surface area contributed by atoms with Crippen molar-refractivity contribution in [3.05, 3.63) is 29.3 Å². The monoisotopic (exact) mass is 641 g/mol. The van der Waals surface area contributed by atoms with Crippen molar-refractivity contribution in [1.29, 1.82) is 0 Å². The summed E-state index contributed by atoms with van der Waals surface area (Å²) < 4.78 is 21.3. The van der Waals surface area contributed by atoms with E-state index in [1.54, 1.807) is 0 Å². The molecule has 1 aliphatic rings. The van der Waals surface area contributed by atoms with Crippen molar-refractivity contribution in [3.8, 4) is 0 Å². The Morgan fingerprint density at radius 2 is 1.60 bits per heavy atom. The standard InChI is InChI=1S/C27H39N5O9S2/c1-7-19(34)39-14-27(13-38-17(3)33,15-40-20(35)8-2)16-41-23(37)28-12-26(6)10-18(9-25(4,5)11-26)29-21(36)30-22-31-32-24(42)43-22/h7-8,18H,1-2,9-16H2,3-6H3,(H,28,37)(H,32,42)(H2,29,30,31,36). The van der Waals surface area contributed by atoms with Gasteiger partial charge in [-0.05, 0) is 42.3 Å². The van der Waals surface area contributed by atoms with E-state index in [-0.39, 0.29) is 24.6 Å². The van der Waals surface area contributed by atoms with Crippen molar-refractivity contribution in [3.63, 3.8) is 0 Å². The Balaban J connectivity index is 2.05. The van der Waals surface area contributed by atoms with Crippen LogP contribution in [-0.4, -0.2) is 79.2 Å². The second kappa shape index (κ2) is 15.6. The van der Waals surface area contributed by atoms with Gasteiger partial charge in [-0.15, -0.1) is 5.10 Å². The van der Waals surface area contributed by atoms with Gasteiger partial charge in [-0.1, -0.05) is 45.3 Å². The molecule has 4 N–H and O–H groups in total. The Morgan fingerprint density at radius 3 is 2.14 bits per heavy atom. The summed E-state index contributed by atoms with van der Waals surface area (Å²) in [4.78, 5) is 60.5. The minimum atomic E-state index is -1.40. The average molecular weight is 642 g/mol. The Labute approximate surface area is 258 Å². The number of carbonyl (C=O) groups is 5. The van der Waals surface area contributed by atoms with E-state index in [1.165, 1.54) is 6.92 Å². The number of rotatable bonds is 14. The molecule has 3 amide bonds. The fraction of sp³-hybridized carbons (Fsp3) is 0.593. The van der Waals surface area contributed by atoms with Gasteiger partial charge in [0.15, 0.2) is 3.95 Å². The maximum absolute atomic E-state index is 12.8. The molecular weight excluding hydrogens is 602 g/mol. The van der Waals surface area contributed by atoms with Crippen LogP contribution in [0.4, 0.5) is 14.7 Å². The van der Waals surface area contributed by atoms with E-state index >= 15 is 0 Å². The van der Waals surface area contributed by atoms with Crippen LogP contribution in [0.25, 0.3) is 0 Å². The van der Waals surface area contributed by atoms with E-state index in [1.807, 2.05) is 6.92 Å². The van der Waals surface area contributed by atoms with Gasteiger partial charge in [-0.3, -0.25) is 15.2 Å². The Morgan fingerprint density at radius 1 is 1.02 bits per heavy atom. The number of aromatic amines is 1. The molecule has 0 bridgehead atoms. The van der Waals surface area contributed by atoms with E-state index in [2.05, 4.69) is 53.2 Å². The van der Waals surface area contributed by atoms with Gasteiger partial charge in [0.2, 0.25) is 5.13 Å². The SMILES string of the molecule is C=CC(=O)OCC(COC(C)=O)(COC(=O)C=C)COC(=O)NCC1(C)CC(NC(=O)Nc2n[nH]c(=S)s2)CC(C)(C)C1. The number of nitrogens with zero attached hydrogens (tertiary/aromatic N) is 1. The van der Waals surface area contributed by atoms with Gasteiger partial charge in [0, 0.05) is 31.7 Å². The number of esters is 3. The molecule has 0 aromatic carbocycles. The molecule has 1 fully saturated rings. The van der Waals surface area contributed by atoms with Gasteiger partial charge in [-0.2, -0.15) is 0 Å². The number of hydrogen-bond acceptors (Lipinski definition) is 12. The van der Waals surface area contributed by atoms with Gasteiger partial charge in [0.1, 0.15) is 31.8 Å². The van der Waals surface area contributed by atoms with Crippen LogP contribution in [0, 0.1) is 20.2 Å². The molecule has 0 radical (unpaired) electrons. The number of nitrogens with one attached hydrogen (secondary N) is 4. The van der Waals surface area contributed by atoms with Crippen molar-refractivity contribution >= 4 is 58.7 Å². The van der Waals surface area contributed by atoms with Crippen molar-refractivity contribution in [2.45, 2.75) is 53.0 Å². The maximum Gasteiger partial charge on any atom is 0.407 e. The molecule has 14 nitrogen and oxygen atoms in total. The normalized spacial score (nSPS) is 19.2. The molecule has 0 aliphatic heterocycles. The molecule has 2 atom stereocenters. The highest BCUT2D eigenvalue weighted by atomic mass is 32.1. The number of H-pyrrole nitrogens is 1. The van der Waals surface area contributed by atoms with Crippen molar-refractivity contribution < 1.29 is 42.9 Å². The van der Waals surface area contributed by atoms with Crippen molar-refractivity contribution in [2.24, 2.45) is 16.2 Å². The molecule has 0 spiro atoms. The number of hydrogen-bond donors (Lipinski definition) is 4. The lowest BCUT2D eigenvalue weighted by Gasteiger charge is -2.46. The minimum Gasteiger partial charge on any atom is -0.465 e. The third kappa shape index (κ3) is 12.5. The number of alkyl carbamates (subject to hydrolysis) is 1. The summed E-state index contributed by atoms with van der Waals surface area (Å²) in [5.41, 5.74) is -1.96. The second-order valence-electron chi connectivity index (χ2n) is 11.6. The molecule has 1 saturated carbocycles. The van der Waals surface area contributed by atoms with E-state index in [0.29, 0.717) is 15.5 Å². The first-order valence-electron chi connectivity index (χ1n) is 13.3. The molecule has 2 unspecified atom stereocenters. The summed E-state index contributed by atoms with van der Waals surface area (Å²) in [6.07, 6.45) is 3.14. The third-order valence-electron chi connectivity index (χ3n) is 6.56. The largest absolute Gasteiger partial charge is 0.465 e. The number of carbonyl (C=O) groups excluding carboxylic acids is 5. The first kappa shape index (κ1) is 35.4. The molecule has 1 aromatic heterocycles. The molecule has 1 aliphatic carbocycles. The van der Waals surface area contributed by atoms with E-state index in [9.17, 15) is 24.0 Å². The Kier molecular flexibility index (Phi) is 12.9. The van der Waals surface area contributed by atoms with Crippen molar-refractivity contribution in [1.82, 2.24) is 20.8 Å². The van der Waals surface area contributed by atoms with E-state index < -0.39 is 60.7 Å². The first-order chi connectivity index (χ1) is 20.1. The van der Waals surface area contributed by atoms with Crippen LogP contribution < -0.4 is 16.0 Å². The highest BCUT2D eigenvalue weighted by Crippen LogP contribution is 2.45. The van der Waals surface area contributed by atoms with Crippen LogP contribution in [0.1, 0.15) is 47.0 Å². The van der Waals surface area contributed by atoms with Crippen LogP contribution >= 0.6 is 23.6 Å². The third-order valence-corrected chi connectivity index (χ3v) is 7.57. The van der Waals surface area contributed by atoms with Crippen LogP contribution in [0.3, 0.4) is 0 Å². The fourth-order valence-corrected chi connectivity index (χ4v) is 5.88. The summed E-state index contributed by atoms with van der Waals surface area (Å²) >= 11 is 6.14. The molecule has 0 saturated heterocycles. The zero-order valence-corrected chi connectivity index (χ0v) is 26.4. The average Bonchev–Trinajstić information content (AvgIpc) is 3.33. The molecule has 2 rings (SSSR count). The van der Waals surface area contributed by atoms with Crippen LogP contribution in [-0.2, 0) is 33.3 Å². The summed E-state index contributed by atoms with van der Waals surface area (Å²) in [6, 6.07) is -0.595. The van der Waals surface area contributed by atoms with Crippen LogP contribution in [0.2, 0.25) is 0 Å². The number of urea groups is 1. The van der Waals surface area contributed by atoms with Gasteiger partial charge < -0.3 is 29.6 Å². The van der Waals surface area contributed by atoms with Gasteiger partial charge in [-0.25, -0.2) is 19.2 Å². The maximum atomic E-state index is 12.8. The predicted molar refractivity (Wildman–Crippen MR) is 160 cm³/mol. The number of anilines is 1. The number of ether oxygens (including phenoxy) is 4. The fourth-order valence-electron chi connectivity index (χ4n) is 5.10. The lowest BCUT2D eigenvalue weighted by atomic mass is 9.62. The lowest BCUT2D eigenvalue weighted by Crippen LogP contribution is -2.51. The van der Waals surface area contributed by atoms with Crippen LogP contribution in [0.5, 0.6) is 0 Å². The van der Waals surface area contributed by atoms with Gasteiger partial charge in [0.25, 0.3) is 0 Å². The summed E-state index contributed by atoms with van der Waals surface area (Å²) in [7, 11) is 0. The summed E-state index contributed by atoms with van der Waals surface area (Å²) in [5.74, 6) is -2.18. The van der Waals surface area contributed by atoms with Gasteiger partial charge >= 0.3 is 30.0 Å². The summed E-state index contributed by atoms with van der Waals surface area (Å²) in [5, 5.41) is 15.3. The molecule has 16 heteroatoms. The van der Waals surface area contributed by atoms with Gasteiger partial charge in [0.05, 0.1) is 0 Å². The number of amides is 3. The van der Waals surface area contributed by atoms with E-state index in [0.717, 1.165) is 36.3 Å². The minimum absolute atomic E-state index is 0.150. The zero-order chi connectivity index (χ0) is 32.3. The molecule has 1 aromatic rings. The highest BCUT2D eigenvalue weighted by Gasteiger charge is 2.42. The zero-order valence-electron chi connectivity index (χ0n) is 24.7. The summed E-state index contributed by atoms with van der Waals surface area (Å²) in [6.45, 7) is 12.7. The molecule has 238 valence electrons. The Hall–Kier alpha value is -3.79. The number of aromatic nitrogens is 2. The molecule has 43 heavy (non-hydrogen) atoms. The molecular formula is C27H39N5O9S2. The van der Waals surface area contributed by atoms with Crippen molar-refractivity contribution in [2.75, 3.05) is 38.3 Å². The van der Waals surface area contributed by atoms with E-state index in [4.69, 9.17) is 31.2 Å².